The SMILES string of the molecule is CCCCOc1nc(-c2ccccc2C)n(C(=O)CC(C)CC(C)(C)C)n1. The van der Waals surface area contributed by atoms with E-state index in [9.17, 15) is 4.79 Å². The summed E-state index contributed by atoms with van der Waals surface area (Å²) < 4.78 is 7.10. The van der Waals surface area contributed by atoms with Crippen LogP contribution in [0.2, 0.25) is 0 Å². The third-order valence-electron chi connectivity index (χ3n) is 4.42. The van der Waals surface area contributed by atoms with E-state index in [0.29, 0.717) is 18.9 Å². The third kappa shape index (κ3) is 6.19. The van der Waals surface area contributed by atoms with Gasteiger partial charge < -0.3 is 4.74 Å². The molecule has 0 radical (unpaired) electrons. The van der Waals surface area contributed by atoms with Gasteiger partial charge in [0.25, 0.3) is 0 Å². The largest absolute Gasteiger partial charge is 0.462 e. The minimum absolute atomic E-state index is 0.0390. The van der Waals surface area contributed by atoms with E-state index in [2.05, 4.69) is 44.7 Å². The van der Waals surface area contributed by atoms with Gasteiger partial charge in [0.05, 0.1) is 6.61 Å². The zero-order valence-electron chi connectivity index (χ0n) is 17.6. The van der Waals surface area contributed by atoms with Crippen LogP contribution in [0.15, 0.2) is 24.3 Å². The number of carbonyl (C=O) groups is 1. The summed E-state index contributed by atoms with van der Waals surface area (Å²) in [6.45, 7) is 13.4. The van der Waals surface area contributed by atoms with Crippen LogP contribution in [0.25, 0.3) is 11.4 Å². The zero-order chi connectivity index (χ0) is 20.0. The highest BCUT2D eigenvalue weighted by Gasteiger charge is 2.23. The van der Waals surface area contributed by atoms with Crippen LogP contribution in [-0.2, 0) is 0 Å². The van der Waals surface area contributed by atoms with Gasteiger partial charge >= 0.3 is 6.01 Å². The van der Waals surface area contributed by atoms with Crippen molar-refractivity contribution in [3.8, 4) is 17.4 Å². The van der Waals surface area contributed by atoms with Crippen molar-refractivity contribution in [2.24, 2.45) is 11.3 Å². The second-order valence-corrected chi connectivity index (χ2v) is 8.61. The summed E-state index contributed by atoms with van der Waals surface area (Å²) in [6, 6.07) is 8.19. The molecule has 0 spiro atoms. The summed E-state index contributed by atoms with van der Waals surface area (Å²) >= 11 is 0. The molecule has 0 saturated carbocycles. The van der Waals surface area contributed by atoms with Crippen molar-refractivity contribution in [1.29, 1.82) is 0 Å². The molecular formula is C22H33N3O2. The van der Waals surface area contributed by atoms with E-state index < -0.39 is 0 Å². The van der Waals surface area contributed by atoms with Crippen LogP contribution < -0.4 is 4.74 Å². The molecule has 2 aromatic rings. The molecule has 0 aliphatic heterocycles. The van der Waals surface area contributed by atoms with Gasteiger partial charge in [-0.1, -0.05) is 65.3 Å². The van der Waals surface area contributed by atoms with Gasteiger partial charge in [-0.05, 0) is 36.7 Å². The van der Waals surface area contributed by atoms with Crippen molar-refractivity contribution in [2.45, 2.75) is 67.2 Å². The normalized spacial score (nSPS) is 12.8. The summed E-state index contributed by atoms with van der Waals surface area (Å²) in [5.74, 6) is 0.797. The summed E-state index contributed by atoms with van der Waals surface area (Å²) in [7, 11) is 0. The highest BCUT2D eigenvalue weighted by Crippen LogP contribution is 2.28. The van der Waals surface area contributed by atoms with Crippen molar-refractivity contribution in [3.05, 3.63) is 29.8 Å². The molecule has 0 N–H and O–H groups in total. The van der Waals surface area contributed by atoms with Crippen molar-refractivity contribution >= 4 is 5.91 Å². The summed E-state index contributed by atoms with van der Waals surface area (Å²) in [6.07, 6.45) is 3.39. The molecule has 0 aliphatic carbocycles. The van der Waals surface area contributed by atoms with Gasteiger partial charge in [0.2, 0.25) is 5.91 Å². The van der Waals surface area contributed by atoms with Gasteiger partial charge in [0.15, 0.2) is 5.82 Å². The number of nitrogens with zero attached hydrogens (tertiary/aromatic N) is 3. The average Bonchev–Trinajstić information content (AvgIpc) is 2.98. The van der Waals surface area contributed by atoms with Crippen molar-refractivity contribution in [2.75, 3.05) is 6.61 Å². The van der Waals surface area contributed by atoms with Crippen molar-refractivity contribution < 1.29 is 9.53 Å². The molecule has 1 heterocycles. The minimum Gasteiger partial charge on any atom is -0.462 e. The van der Waals surface area contributed by atoms with Crippen LogP contribution in [0.5, 0.6) is 6.01 Å². The van der Waals surface area contributed by atoms with E-state index in [1.165, 1.54) is 4.68 Å². The van der Waals surface area contributed by atoms with E-state index in [1.807, 2.05) is 31.2 Å². The van der Waals surface area contributed by atoms with E-state index in [-0.39, 0.29) is 23.3 Å². The predicted octanol–water partition coefficient (Wildman–Crippen LogP) is 5.54. The van der Waals surface area contributed by atoms with E-state index >= 15 is 0 Å². The Bertz CT molecular complexity index is 759. The molecule has 5 heteroatoms. The molecule has 0 saturated heterocycles. The Hall–Kier alpha value is -2.17. The van der Waals surface area contributed by atoms with Crippen LogP contribution in [0.4, 0.5) is 0 Å². The second kappa shape index (κ2) is 9.16. The summed E-state index contributed by atoms with van der Waals surface area (Å²) in [5.41, 5.74) is 2.16. The van der Waals surface area contributed by atoms with Gasteiger partial charge in [-0.15, -0.1) is 5.10 Å². The number of carbonyl (C=O) groups excluding carboxylic acids is 1. The molecule has 1 aromatic carbocycles. The minimum atomic E-state index is -0.0390. The predicted molar refractivity (Wildman–Crippen MR) is 109 cm³/mol. The molecule has 2 rings (SSSR count). The molecule has 1 unspecified atom stereocenters. The Morgan fingerprint density at radius 2 is 1.96 bits per heavy atom. The third-order valence-corrected chi connectivity index (χ3v) is 4.42. The Kier molecular flexibility index (Phi) is 7.17. The lowest BCUT2D eigenvalue weighted by atomic mass is 9.84. The van der Waals surface area contributed by atoms with E-state index in [1.54, 1.807) is 0 Å². The monoisotopic (exact) mass is 371 g/mol. The maximum atomic E-state index is 13.0. The van der Waals surface area contributed by atoms with Gasteiger partial charge in [-0.25, -0.2) is 0 Å². The number of ether oxygens (including phenoxy) is 1. The number of benzene rings is 1. The Labute approximate surface area is 163 Å². The molecule has 1 aromatic heterocycles. The summed E-state index contributed by atoms with van der Waals surface area (Å²) in [4.78, 5) is 17.5. The van der Waals surface area contributed by atoms with Crippen LogP contribution in [-0.4, -0.2) is 27.3 Å². The Balaban J connectivity index is 2.29. The van der Waals surface area contributed by atoms with Gasteiger partial charge in [0.1, 0.15) is 0 Å². The zero-order valence-corrected chi connectivity index (χ0v) is 17.6. The Morgan fingerprint density at radius 1 is 1.26 bits per heavy atom. The fraction of sp³-hybridized carbons (Fsp3) is 0.591. The lowest BCUT2D eigenvalue weighted by Gasteiger charge is -2.22. The molecule has 0 amide bonds. The first kappa shape index (κ1) is 21.1. The number of rotatable bonds is 8. The number of aryl methyl sites for hydroxylation is 1. The van der Waals surface area contributed by atoms with Crippen molar-refractivity contribution in [1.82, 2.24) is 14.8 Å². The van der Waals surface area contributed by atoms with E-state index in [0.717, 1.165) is 30.4 Å². The average molecular weight is 372 g/mol. The fourth-order valence-corrected chi connectivity index (χ4v) is 3.34. The molecule has 0 aliphatic rings. The lowest BCUT2D eigenvalue weighted by molar-refractivity contribution is 0.0856. The highest BCUT2D eigenvalue weighted by molar-refractivity contribution is 5.83. The first-order chi connectivity index (χ1) is 12.7. The molecule has 27 heavy (non-hydrogen) atoms. The number of aromatic nitrogens is 3. The van der Waals surface area contributed by atoms with E-state index in [4.69, 9.17) is 4.74 Å². The van der Waals surface area contributed by atoms with Crippen molar-refractivity contribution in [3.63, 3.8) is 0 Å². The van der Waals surface area contributed by atoms with Gasteiger partial charge in [-0.3, -0.25) is 4.79 Å². The molecule has 0 bridgehead atoms. The van der Waals surface area contributed by atoms with Crippen LogP contribution >= 0.6 is 0 Å². The molecule has 5 nitrogen and oxygen atoms in total. The van der Waals surface area contributed by atoms with Crippen LogP contribution in [0, 0.1) is 18.3 Å². The second-order valence-electron chi connectivity index (χ2n) is 8.61. The maximum absolute atomic E-state index is 13.0. The smallest absolute Gasteiger partial charge is 0.336 e. The van der Waals surface area contributed by atoms with Crippen LogP contribution in [0.3, 0.4) is 0 Å². The first-order valence-electron chi connectivity index (χ1n) is 9.90. The van der Waals surface area contributed by atoms with Gasteiger partial charge in [-0.2, -0.15) is 9.67 Å². The fourth-order valence-electron chi connectivity index (χ4n) is 3.34. The number of hydrogen-bond acceptors (Lipinski definition) is 4. The highest BCUT2D eigenvalue weighted by atomic mass is 16.5. The van der Waals surface area contributed by atoms with Gasteiger partial charge in [0, 0.05) is 12.0 Å². The summed E-state index contributed by atoms with van der Waals surface area (Å²) in [5, 5.41) is 4.38. The molecule has 0 fully saturated rings. The Morgan fingerprint density at radius 3 is 2.59 bits per heavy atom. The molecule has 1 atom stereocenters. The molecule has 148 valence electrons. The quantitative estimate of drug-likeness (QED) is 0.572. The lowest BCUT2D eigenvalue weighted by Crippen LogP contribution is -2.20. The number of unbranched alkanes of at least 4 members (excludes halogenated alkanes) is 1. The topological polar surface area (TPSA) is 57.0 Å². The number of hydrogen-bond donors (Lipinski definition) is 0. The molecular weight excluding hydrogens is 338 g/mol. The first-order valence-corrected chi connectivity index (χ1v) is 9.90. The van der Waals surface area contributed by atoms with Crippen LogP contribution in [0.1, 0.15) is 70.7 Å². The maximum Gasteiger partial charge on any atom is 0.336 e. The standard InChI is InChI=1S/C22H33N3O2/c1-7-8-13-27-21-23-20(18-12-10-9-11-17(18)3)25(24-21)19(26)14-16(2)15-22(4,5)6/h9-12,16H,7-8,13-15H2,1-6H3.